The Morgan fingerprint density at radius 1 is 0.433 bits per heavy atom. The molecule has 0 atom stereocenters. The number of hydrogen-bond acceptors (Lipinski definition) is 3. The van der Waals surface area contributed by atoms with E-state index in [4.69, 9.17) is 14.1 Å². The molecule has 9 aromatic carbocycles. The Morgan fingerprint density at radius 2 is 1.06 bits per heavy atom. The molecule has 0 unspecified atom stereocenters. The standard InChI is InChI=1S/C60H36N4O2.Pt/c1-3-15-40(16-4-1)47-23-14-24-48(41-17-5-2-6-18-41)60(47)63-39-62(54-26-10-11-27-55(54)63)44-19-13-20-45(36-44)65-46-31-32-50-49-21-7-9-25-53(49)64(56(50)37-46)59-34-30-43(38-61-59)42-29-33-58-52(35-42)51-22-8-12-28-57(51)66-58;/h1-35,38H;/q-2;. The number of hydrogen-bond donors (Lipinski definition) is 0. The van der Waals surface area contributed by atoms with Gasteiger partial charge < -0.3 is 4.42 Å². The fraction of sp³-hybridized carbons (Fsp3) is 0. The molecular formula is C60H36N4O2Pt-2. The molecule has 67 heavy (non-hydrogen) atoms. The molecule has 0 radical (unpaired) electrons. The maximum absolute atomic E-state index is 6.69. The van der Waals surface area contributed by atoms with Crippen molar-refractivity contribution in [2.24, 2.45) is 0 Å². The van der Waals surface area contributed by atoms with Crippen LogP contribution in [-0.4, -0.2) is 18.7 Å². The Morgan fingerprint density at radius 3 is 1.81 bits per heavy atom. The minimum absolute atomic E-state index is 0.578. The number of benzene rings is 9. The number of para-hydroxylation sites is 5. The molecule has 7 heteroatoms. The van der Waals surface area contributed by atoms with Gasteiger partial charge in [0.1, 0.15) is 11.2 Å². The Labute approximate surface area is 396 Å². The first-order chi connectivity index (χ1) is 33.1. The van der Waals surface area contributed by atoms with Crippen LogP contribution in [-0.2, 0) is 19.4 Å². The van der Waals surface area contributed by atoms with Crippen molar-refractivity contribution in [3.63, 3.8) is 0 Å². The predicted molar refractivity (Wildman–Crippen MR) is 266 cm³/mol. The molecule has 0 aliphatic heterocycles. The summed E-state index contributed by atoms with van der Waals surface area (Å²) in [5.41, 5.74) is 14.4. The van der Waals surface area contributed by atoms with Crippen LogP contribution in [0.5, 0.6) is 11.5 Å². The van der Waals surface area contributed by atoms with Gasteiger partial charge in [-0.15, -0.1) is 0 Å². The number of nitrogens with zero attached hydrogens (tertiary/aromatic N) is 4. The molecule has 320 valence electrons. The molecule has 0 aliphatic rings. The van der Waals surface area contributed by atoms with E-state index in [1.54, 1.807) is 0 Å². The molecule has 0 fully saturated rings. The fourth-order valence-electron chi connectivity index (χ4n) is 9.55. The van der Waals surface area contributed by atoms with Gasteiger partial charge >= 0.3 is 294 Å². The van der Waals surface area contributed by atoms with Gasteiger partial charge in [-0.1, -0.05) is 36.4 Å². The minimum atomic E-state index is 0.578. The Kier molecular flexibility index (Phi) is 9.33. The van der Waals surface area contributed by atoms with Crippen LogP contribution in [0.4, 0.5) is 0 Å². The summed E-state index contributed by atoms with van der Waals surface area (Å²) in [6, 6.07) is 80.9. The van der Waals surface area contributed by atoms with Crippen molar-refractivity contribution in [1.82, 2.24) is 18.7 Å². The van der Waals surface area contributed by atoms with Gasteiger partial charge in [0, 0.05) is 22.5 Å². The van der Waals surface area contributed by atoms with Gasteiger partial charge in [0.2, 0.25) is 0 Å². The van der Waals surface area contributed by atoms with Gasteiger partial charge in [-0.05, 0) is 29.8 Å². The van der Waals surface area contributed by atoms with E-state index in [2.05, 4.69) is 215 Å². The van der Waals surface area contributed by atoms with Crippen LogP contribution in [0.1, 0.15) is 0 Å². The van der Waals surface area contributed by atoms with Crippen molar-refractivity contribution in [2.45, 2.75) is 0 Å². The number of pyridine rings is 1. The first-order valence-corrected chi connectivity index (χ1v) is 23.2. The Balaban J connectivity index is 0.889. The third kappa shape index (κ3) is 6.60. The number of rotatable bonds is 8. The number of fused-ring (bicyclic) bond motifs is 7. The summed E-state index contributed by atoms with van der Waals surface area (Å²) < 4.78 is 20.6. The van der Waals surface area contributed by atoms with E-state index in [0.717, 1.165) is 109 Å². The van der Waals surface area contributed by atoms with E-state index in [-0.39, 0.29) is 0 Å². The van der Waals surface area contributed by atoms with Crippen LogP contribution >= 0.6 is 0 Å². The third-order valence-electron chi connectivity index (χ3n) is 12.6. The first-order valence-electron chi connectivity index (χ1n) is 22.1. The molecule has 0 N–H and O–H groups in total. The summed E-state index contributed by atoms with van der Waals surface area (Å²) in [6.45, 7) is 0. The summed E-state index contributed by atoms with van der Waals surface area (Å²) in [7, 11) is 0. The third-order valence-corrected chi connectivity index (χ3v) is 13.6. The van der Waals surface area contributed by atoms with Crippen molar-refractivity contribution in [2.75, 3.05) is 0 Å². The van der Waals surface area contributed by atoms with E-state index < -0.39 is 0 Å². The number of aromatic nitrogens is 4. The van der Waals surface area contributed by atoms with Crippen LogP contribution in [0.3, 0.4) is 0 Å². The van der Waals surface area contributed by atoms with Crippen molar-refractivity contribution in [3.05, 3.63) is 234 Å². The first kappa shape index (κ1) is 39.1. The van der Waals surface area contributed by atoms with Crippen LogP contribution in [0.2, 0.25) is 0 Å². The number of ether oxygens (including phenoxy) is 1. The van der Waals surface area contributed by atoms with Gasteiger partial charge in [-0.3, -0.25) is 0 Å². The normalized spacial score (nSPS) is 11.7. The van der Waals surface area contributed by atoms with Crippen molar-refractivity contribution in [1.29, 1.82) is 0 Å². The number of furan rings is 1. The van der Waals surface area contributed by atoms with E-state index in [9.17, 15) is 0 Å². The van der Waals surface area contributed by atoms with Crippen molar-refractivity contribution in [3.8, 4) is 62.1 Å². The second-order valence-electron chi connectivity index (χ2n) is 16.5. The Hall–Kier alpha value is -8.31. The van der Waals surface area contributed by atoms with E-state index >= 15 is 0 Å². The van der Waals surface area contributed by atoms with Gasteiger partial charge in [0.25, 0.3) is 0 Å². The second kappa shape index (κ2) is 16.0. The van der Waals surface area contributed by atoms with Crippen LogP contribution in [0.15, 0.2) is 223 Å². The predicted octanol–water partition coefficient (Wildman–Crippen LogP) is 15.3. The molecular weight excluding hydrogens is 1000 g/mol. The van der Waals surface area contributed by atoms with Crippen LogP contribution in [0, 0.1) is 15.9 Å². The van der Waals surface area contributed by atoms with Gasteiger partial charge in [0.15, 0.2) is 0 Å². The SMILES string of the molecule is [Pt]=[c]1n(-c2[c-]c(Oc3[c-]c4c(cc3)c3ccccc3n4-c3ccc(-c4ccc5oc6ccccc6c5c4)cn3)ccc2)c2ccccc2n1-c1c(-c2ccccc2)cccc1-c1ccccc1. The molecule has 0 spiro atoms. The van der Waals surface area contributed by atoms with E-state index in [0.29, 0.717) is 11.5 Å². The summed E-state index contributed by atoms with van der Waals surface area (Å²) >= 11 is 2.47. The molecule has 0 saturated carbocycles. The molecule has 6 nitrogen and oxygen atoms in total. The number of imidazole rings is 1. The molecule has 13 rings (SSSR count). The molecule has 0 saturated heterocycles. The van der Waals surface area contributed by atoms with Crippen molar-refractivity contribution < 1.29 is 28.5 Å². The van der Waals surface area contributed by atoms with Gasteiger partial charge in [0.05, 0.1) is 0 Å². The zero-order chi connectivity index (χ0) is 44.4. The molecule has 0 bridgehead atoms. The average Bonchev–Trinajstić information content (AvgIpc) is 4.03. The molecule has 4 heterocycles. The summed E-state index contributed by atoms with van der Waals surface area (Å²) in [6.07, 6.45) is 1.94. The molecule has 0 aliphatic carbocycles. The molecule has 4 aromatic heterocycles. The van der Waals surface area contributed by atoms with Gasteiger partial charge in [-0.2, -0.15) is 0 Å². The summed E-state index contributed by atoms with van der Waals surface area (Å²) in [5, 5.41) is 4.37. The zero-order valence-electron chi connectivity index (χ0n) is 35.7. The second-order valence-corrected chi connectivity index (χ2v) is 17.5. The Bertz CT molecular complexity index is 4030. The van der Waals surface area contributed by atoms with E-state index in [1.165, 1.54) is 0 Å². The monoisotopic (exact) mass is 1040 g/mol. The fourth-order valence-corrected chi connectivity index (χ4v) is 10.6. The average molecular weight is 1040 g/mol. The quantitative estimate of drug-likeness (QED) is 0.143. The topological polar surface area (TPSA) is 50.1 Å². The van der Waals surface area contributed by atoms with Crippen LogP contribution in [0.25, 0.3) is 105 Å². The molecule has 0 amide bonds. The molecule has 13 aromatic rings. The zero-order valence-corrected chi connectivity index (χ0v) is 38.0. The van der Waals surface area contributed by atoms with Gasteiger partial charge in [-0.25, -0.2) is 0 Å². The van der Waals surface area contributed by atoms with E-state index in [1.807, 2.05) is 48.7 Å². The summed E-state index contributed by atoms with van der Waals surface area (Å²) in [4.78, 5) is 5.06. The van der Waals surface area contributed by atoms with Crippen LogP contribution < -0.4 is 4.74 Å². The summed E-state index contributed by atoms with van der Waals surface area (Å²) in [5.74, 6) is 1.95. The van der Waals surface area contributed by atoms with Crippen molar-refractivity contribution >= 4 is 54.8 Å². The maximum atomic E-state index is 6.69.